The molecule has 5 atom stereocenters. The van der Waals surface area contributed by atoms with Crippen molar-refractivity contribution in [2.24, 2.45) is 5.92 Å². The van der Waals surface area contributed by atoms with Crippen molar-refractivity contribution in [1.29, 1.82) is 0 Å². The molecule has 8 heteroatoms. The van der Waals surface area contributed by atoms with Crippen LogP contribution in [0.5, 0.6) is 0 Å². The molecule has 2 bridgehead atoms. The van der Waals surface area contributed by atoms with Crippen molar-refractivity contribution in [2.45, 2.75) is 31.0 Å². The Labute approximate surface area is 109 Å². The molecule has 3 aliphatic heterocycles. The number of hydrogen-bond donors (Lipinski definition) is 3. The average Bonchev–Trinajstić information content (AvgIpc) is 2.85. The zero-order chi connectivity index (χ0) is 13.8. The number of amides is 3. The number of nitrogens with zero attached hydrogens (tertiary/aromatic N) is 1. The van der Waals surface area contributed by atoms with Gasteiger partial charge in [0, 0.05) is 6.54 Å². The predicted molar refractivity (Wildman–Crippen MR) is 59.8 cm³/mol. The summed E-state index contributed by atoms with van der Waals surface area (Å²) in [5.74, 6) is -0.689. The van der Waals surface area contributed by atoms with Crippen molar-refractivity contribution < 1.29 is 29.3 Å². The van der Waals surface area contributed by atoms with E-state index in [9.17, 15) is 19.8 Å². The van der Waals surface area contributed by atoms with Gasteiger partial charge in [-0.1, -0.05) is 6.92 Å². The third-order valence-corrected chi connectivity index (χ3v) is 3.99. The average molecular weight is 272 g/mol. The van der Waals surface area contributed by atoms with Crippen LogP contribution in [0.3, 0.4) is 0 Å². The molecule has 0 aromatic heterocycles. The summed E-state index contributed by atoms with van der Waals surface area (Å²) in [6.07, 6.45) is -2.46. The van der Waals surface area contributed by atoms with Crippen LogP contribution < -0.4 is 5.32 Å². The number of rotatable bonds is 2. The van der Waals surface area contributed by atoms with Gasteiger partial charge in [-0.05, 0) is 0 Å². The topological polar surface area (TPSA) is 108 Å². The van der Waals surface area contributed by atoms with E-state index in [1.165, 1.54) is 4.90 Å². The van der Waals surface area contributed by atoms with E-state index in [0.29, 0.717) is 0 Å². The molecule has 0 aromatic carbocycles. The first-order valence-corrected chi connectivity index (χ1v) is 6.18. The molecule has 106 valence electrons. The van der Waals surface area contributed by atoms with Gasteiger partial charge in [0.1, 0.15) is 17.8 Å². The van der Waals surface area contributed by atoms with Crippen LogP contribution in [0.4, 0.5) is 4.79 Å². The summed E-state index contributed by atoms with van der Waals surface area (Å²) in [6.45, 7) is 1.60. The Morgan fingerprint density at radius 1 is 1.53 bits per heavy atom. The minimum absolute atomic E-state index is 0.0930. The van der Waals surface area contributed by atoms with Crippen LogP contribution >= 0.6 is 0 Å². The van der Waals surface area contributed by atoms with Crippen LogP contribution in [-0.4, -0.2) is 70.8 Å². The number of urea groups is 1. The van der Waals surface area contributed by atoms with Gasteiger partial charge in [-0.2, -0.15) is 0 Å². The summed E-state index contributed by atoms with van der Waals surface area (Å²) in [5.41, 5.74) is -1.17. The van der Waals surface area contributed by atoms with Crippen LogP contribution in [0, 0.1) is 5.92 Å². The first kappa shape index (κ1) is 12.8. The number of imide groups is 1. The van der Waals surface area contributed by atoms with Crippen LogP contribution in [-0.2, 0) is 14.3 Å². The summed E-state index contributed by atoms with van der Waals surface area (Å²) in [7, 11) is 0. The second-order valence-corrected chi connectivity index (χ2v) is 5.30. The van der Waals surface area contributed by atoms with Gasteiger partial charge in [0.2, 0.25) is 5.91 Å². The highest BCUT2D eigenvalue weighted by atomic mass is 16.7. The van der Waals surface area contributed by atoms with Gasteiger partial charge >= 0.3 is 6.03 Å². The molecule has 0 aliphatic carbocycles. The van der Waals surface area contributed by atoms with Gasteiger partial charge < -0.3 is 19.7 Å². The van der Waals surface area contributed by atoms with Crippen molar-refractivity contribution in [3.63, 3.8) is 0 Å². The van der Waals surface area contributed by atoms with E-state index in [1.807, 2.05) is 0 Å². The van der Waals surface area contributed by atoms with Crippen molar-refractivity contribution in [3.05, 3.63) is 0 Å². The fraction of sp³-hybridized carbons (Fsp3) is 0.818. The zero-order valence-electron chi connectivity index (χ0n) is 10.4. The molecule has 3 aliphatic rings. The van der Waals surface area contributed by atoms with Gasteiger partial charge in [-0.3, -0.25) is 15.0 Å². The maximum atomic E-state index is 11.8. The highest BCUT2D eigenvalue weighted by Crippen LogP contribution is 2.41. The van der Waals surface area contributed by atoms with Gasteiger partial charge in [-0.25, -0.2) is 4.79 Å². The van der Waals surface area contributed by atoms with E-state index in [-0.39, 0.29) is 31.6 Å². The van der Waals surface area contributed by atoms with Crippen LogP contribution in [0.15, 0.2) is 0 Å². The van der Waals surface area contributed by atoms with E-state index in [2.05, 4.69) is 5.32 Å². The van der Waals surface area contributed by atoms with E-state index < -0.39 is 30.1 Å². The molecular weight excluding hydrogens is 256 g/mol. The Morgan fingerprint density at radius 2 is 2.26 bits per heavy atom. The van der Waals surface area contributed by atoms with Gasteiger partial charge in [0.25, 0.3) is 0 Å². The molecule has 0 aromatic rings. The predicted octanol–water partition coefficient (Wildman–Crippen LogP) is -1.98. The number of nitrogens with one attached hydrogen (secondary N) is 1. The maximum Gasteiger partial charge on any atom is 0.326 e. The zero-order valence-corrected chi connectivity index (χ0v) is 10.4. The lowest BCUT2D eigenvalue weighted by atomic mass is 10.0. The minimum atomic E-state index is -1.17. The Bertz CT molecular complexity index is 429. The Balaban J connectivity index is 1.81. The largest absolute Gasteiger partial charge is 0.393 e. The first-order chi connectivity index (χ1) is 8.98. The van der Waals surface area contributed by atoms with E-state index in [1.54, 1.807) is 6.92 Å². The number of aliphatic hydroxyl groups is 2. The van der Waals surface area contributed by atoms with Crippen molar-refractivity contribution in [2.75, 3.05) is 19.8 Å². The molecule has 3 N–H and O–H groups in total. The normalized spacial score (nSPS) is 45.7. The third-order valence-electron chi connectivity index (χ3n) is 3.99. The number of hydrogen-bond acceptors (Lipinski definition) is 6. The van der Waals surface area contributed by atoms with Gasteiger partial charge in [0.05, 0.1) is 19.1 Å². The third kappa shape index (κ3) is 1.68. The smallest absolute Gasteiger partial charge is 0.326 e. The SMILES string of the molecule is CC1CN([C@@H]2O[C@@]3(CO)CO[C@@H]2[C@@H]3O)C(=O)NC1=O. The number of fused-ring (bicyclic) bond motifs is 2. The lowest BCUT2D eigenvalue weighted by molar-refractivity contribution is -0.199. The standard InChI is InChI=1S/C11H16N2O6/c1-5-2-13(10(17)12-8(5)16)9-6-7(15)11(3-14,19-9)4-18-6/h5-7,9,14-15H,2-4H2,1H3,(H,12,16,17)/t5?,6-,7+,9-,11+/m1/s1. The maximum absolute atomic E-state index is 11.8. The molecule has 3 fully saturated rings. The van der Waals surface area contributed by atoms with Crippen LogP contribution in [0.25, 0.3) is 0 Å². The Hall–Kier alpha value is -1.22. The van der Waals surface area contributed by atoms with E-state index in [0.717, 1.165) is 0 Å². The molecule has 3 saturated heterocycles. The fourth-order valence-electron chi connectivity index (χ4n) is 2.76. The molecule has 19 heavy (non-hydrogen) atoms. The summed E-state index contributed by atoms with van der Waals surface area (Å²) < 4.78 is 11.0. The molecule has 3 amide bonds. The minimum Gasteiger partial charge on any atom is -0.393 e. The Morgan fingerprint density at radius 3 is 2.89 bits per heavy atom. The number of aliphatic hydroxyl groups excluding tert-OH is 2. The van der Waals surface area contributed by atoms with E-state index >= 15 is 0 Å². The number of carbonyl (C=O) groups is 2. The summed E-state index contributed by atoms with van der Waals surface area (Å²) in [6, 6.07) is -0.565. The molecular formula is C11H16N2O6. The number of carbonyl (C=O) groups excluding carboxylic acids is 2. The fourth-order valence-corrected chi connectivity index (χ4v) is 2.76. The number of ether oxygens (including phenoxy) is 2. The molecule has 0 spiro atoms. The summed E-state index contributed by atoms with van der Waals surface area (Å²) in [4.78, 5) is 24.5. The van der Waals surface area contributed by atoms with Crippen LogP contribution in [0.2, 0.25) is 0 Å². The van der Waals surface area contributed by atoms with Crippen molar-refractivity contribution >= 4 is 11.9 Å². The Kier molecular flexibility index (Phi) is 2.79. The second kappa shape index (κ2) is 4.14. The molecule has 8 nitrogen and oxygen atoms in total. The highest BCUT2D eigenvalue weighted by molar-refractivity contribution is 5.97. The van der Waals surface area contributed by atoms with Crippen LogP contribution in [0.1, 0.15) is 6.92 Å². The monoisotopic (exact) mass is 272 g/mol. The molecule has 3 heterocycles. The quantitative estimate of drug-likeness (QED) is 0.537. The van der Waals surface area contributed by atoms with E-state index in [4.69, 9.17) is 9.47 Å². The highest BCUT2D eigenvalue weighted by Gasteiger charge is 2.63. The molecule has 3 rings (SSSR count). The summed E-state index contributed by atoms with van der Waals surface area (Å²) in [5, 5.41) is 21.6. The molecule has 0 radical (unpaired) electrons. The van der Waals surface area contributed by atoms with Gasteiger partial charge in [0.15, 0.2) is 6.23 Å². The lowest BCUT2D eigenvalue weighted by Gasteiger charge is -2.39. The first-order valence-electron chi connectivity index (χ1n) is 6.18. The van der Waals surface area contributed by atoms with Crippen molar-refractivity contribution in [3.8, 4) is 0 Å². The molecule has 1 unspecified atom stereocenters. The van der Waals surface area contributed by atoms with Gasteiger partial charge in [-0.15, -0.1) is 0 Å². The molecule has 0 saturated carbocycles. The van der Waals surface area contributed by atoms with Crippen molar-refractivity contribution in [1.82, 2.24) is 10.2 Å². The second-order valence-electron chi connectivity index (χ2n) is 5.30. The lowest BCUT2D eigenvalue weighted by Crippen LogP contribution is -2.60. The summed E-state index contributed by atoms with van der Waals surface area (Å²) >= 11 is 0.